The third-order valence-electron chi connectivity index (χ3n) is 4.61. The summed E-state index contributed by atoms with van der Waals surface area (Å²) >= 11 is 1.62. The molecule has 2 fully saturated rings. The lowest BCUT2D eigenvalue weighted by atomic mass is 10.0. The first-order valence-corrected chi connectivity index (χ1v) is 9.74. The molecule has 3 nitrogen and oxygen atoms in total. The number of fused-ring (bicyclic) bond motifs is 1. The van der Waals surface area contributed by atoms with Crippen molar-refractivity contribution in [3.05, 3.63) is 22.4 Å². The maximum absolute atomic E-state index is 12.0. The first-order chi connectivity index (χ1) is 9.16. The number of hydrogen-bond acceptors (Lipinski definition) is 3. The van der Waals surface area contributed by atoms with Gasteiger partial charge in [0, 0.05) is 6.54 Å². The molecule has 2 saturated carbocycles. The minimum Gasteiger partial charge on any atom is -0.215 e. The molecule has 1 heterocycles. The molecule has 2 aliphatic carbocycles. The Morgan fingerprint density at radius 3 is 2.63 bits per heavy atom. The third-order valence-corrected chi connectivity index (χ3v) is 6.69. The normalized spacial score (nSPS) is 30.0. The van der Waals surface area contributed by atoms with Crippen molar-refractivity contribution in [3.63, 3.8) is 0 Å². The summed E-state index contributed by atoms with van der Waals surface area (Å²) in [5.74, 6) is 2.46. The Balaban J connectivity index is 1.44. The molecule has 2 aliphatic rings. The average Bonchev–Trinajstić information content (AvgIpc) is 2.84. The summed E-state index contributed by atoms with van der Waals surface area (Å²) in [6.07, 6.45) is 5.92. The topological polar surface area (TPSA) is 46.2 Å². The smallest absolute Gasteiger partial charge is 0.211 e. The largest absolute Gasteiger partial charge is 0.215 e. The van der Waals surface area contributed by atoms with E-state index in [1.165, 1.54) is 25.7 Å². The van der Waals surface area contributed by atoms with Crippen molar-refractivity contribution in [1.29, 1.82) is 0 Å². The van der Waals surface area contributed by atoms with Crippen molar-refractivity contribution >= 4 is 21.4 Å². The second-order valence-electron chi connectivity index (χ2n) is 5.82. The highest BCUT2D eigenvalue weighted by atomic mass is 32.2. The van der Waals surface area contributed by atoms with Crippen LogP contribution < -0.4 is 4.72 Å². The van der Waals surface area contributed by atoms with E-state index in [2.05, 4.69) is 4.72 Å². The number of sulfonamides is 1. The van der Waals surface area contributed by atoms with E-state index in [1.54, 1.807) is 11.3 Å². The zero-order valence-corrected chi connectivity index (χ0v) is 12.7. The van der Waals surface area contributed by atoms with Gasteiger partial charge in [-0.3, -0.25) is 0 Å². The molecule has 1 N–H and O–H groups in total. The fraction of sp³-hybridized carbons (Fsp3) is 0.714. The summed E-state index contributed by atoms with van der Waals surface area (Å²) < 4.78 is 26.7. The Hall–Kier alpha value is -0.390. The molecule has 3 rings (SSSR count). The van der Waals surface area contributed by atoms with E-state index in [4.69, 9.17) is 0 Å². The maximum atomic E-state index is 12.0. The molecule has 1 aromatic rings. The predicted octanol–water partition coefficient (Wildman–Crippen LogP) is 2.65. The Labute approximate surface area is 119 Å². The molecule has 0 amide bonds. The van der Waals surface area contributed by atoms with E-state index in [0.717, 1.165) is 17.4 Å². The fourth-order valence-corrected chi connectivity index (χ4v) is 5.22. The molecule has 1 aromatic heterocycles. The van der Waals surface area contributed by atoms with Crippen LogP contribution in [-0.4, -0.2) is 20.7 Å². The van der Waals surface area contributed by atoms with Crippen LogP contribution in [0.3, 0.4) is 0 Å². The Bertz CT molecular complexity index is 498. The quantitative estimate of drug-likeness (QED) is 0.878. The minimum absolute atomic E-state index is 0.214. The van der Waals surface area contributed by atoms with E-state index in [1.807, 2.05) is 16.8 Å². The number of hydrogen-bond donors (Lipinski definition) is 1. The SMILES string of the molecule is O=S(=O)(CCc1ccsc1)NCC1[C@H]2CCCC[C@@H]12. The highest BCUT2D eigenvalue weighted by Gasteiger charge is 2.50. The molecule has 0 spiro atoms. The van der Waals surface area contributed by atoms with Crippen LogP contribution in [0.2, 0.25) is 0 Å². The van der Waals surface area contributed by atoms with E-state index in [0.29, 0.717) is 18.9 Å². The van der Waals surface area contributed by atoms with Crippen LogP contribution >= 0.6 is 11.3 Å². The van der Waals surface area contributed by atoms with Crippen LogP contribution in [-0.2, 0) is 16.4 Å². The highest BCUT2D eigenvalue weighted by molar-refractivity contribution is 7.89. The van der Waals surface area contributed by atoms with Gasteiger partial charge in [0.1, 0.15) is 0 Å². The molecule has 3 atom stereocenters. The van der Waals surface area contributed by atoms with Crippen molar-refractivity contribution in [2.45, 2.75) is 32.1 Å². The number of nitrogens with one attached hydrogen (secondary N) is 1. The van der Waals surface area contributed by atoms with Gasteiger partial charge in [0.15, 0.2) is 0 Å². The molecule has 0 aromatic carbocycles. The summed E-state index contributed by atoms with van der Waals surface area (Å²) in [6.45, 7) is 0.668. The molecule has 1 unspecified atom stereocenters. The van der Waals surface area contributed by atoms with Crippen LogP contribution in [0.25, 0.3) is 0 Å². The lowest BCUT2D eigenvalue weighted by molar-refractivity contribution is 0.480. The summed E-state index contributed by atoms with van der Waals surface area (Å²) in [4.78, 5) is 0. The van der Waals surface area contributed by atoms with Crippen molar-refractivity contribution in [2.24, 2.45) is 17.8 Å². The molecule has 5 heteroatoms. The molecule has 0 radical (unpaired) electrons. The van der Waals surface area contributed by atoms with E-state index < -0.39 is 10.0 Å². The zero-order chi connectivity index (χ0) is 13.3. The summed E-state index contributed by atoms with van der Waals surface area (Å²) in [7, 11) is -3.10. The molecule has 0 bridgehead atoms. The number of aryl methyl sites for hydroxylation is 1. The average molecular weight is 299 g/mol. The van der Waals surface area contributed by atoms with Gasteiger partial charge in [0.05, 0.1) is 5.75 Å². The number of thiophene rings is 1. The predicted molar refractivity (Wildman–Crippen MR) is 78.8 cm³/mol. The first kappa shape index (κ1) is 13.6. The Morgan fingerprint density at radius 1 is 1.26 bits per heavy atom. The molecule has 0 saturated heterocycles. The highest BCUT2D eigenvalue weighted by Crippen LogP contribution is 2.54. The van der Waals surface area contributed by atoms with Gasteiger partial charge < -0.3 is 0 Å². The Kier molecular flexibility index (Phi) is 3.96. The molecule has 106 valence electrons. The van der Waals surface area contributed by atoms with Gasteiger partial charge in [-0.25, -0.2) is 13.1 Å². The van der Waals surface area contributed by atoms with Gasteiger partial charge in [-0.2, -0.15) is 11.3 Å². The van der Waals surface area contributed by atoms with Crippen LogP contribution in [0.5, 0.6) is 0 Å². The van der Waals surface area contributed by atoms with Gasteiger partial charge in [0.25, 0.3) is 0 Å². The van der Waals surface area contributed by atoms with Gasteiger partial charge in [0.2, 0.25) is 10.0 Å². The summed E-state index contributed by atoms with van der Waals surface area (Å²) in [5, 5.41) is 4.01. The van der Waals surface area contributed by atoms with E-state index in [-0.39, 0.29) is 5.75 Å². The summed E-state index contributed by atoms with van der Waals surface area (Å²) in [5.41, 5.74) is 1.12. The maximum Gasteiger partial charge on any atom is 0.211 e. The lowest BCUT2D eigenvalue weighted by Gasteiger charge is -2.05. The Morgan fingerprint density at radius 2 is 2.00 bits per heavy atom. The molecular formula is C14H21NO2S2. The van der Waals surface area contributed by atoms with Crippen LogP contribution in [0, 0.1) is 17.8 Å². The van der Waals surface area contributed by atoms with Crippen molar-refractivity contribution in [3.8, 4) is 0 Å². The van der Waals surface area contributed by atoms with Crippen LogP contribution in [0.15, 0.2) is 16.8 Å². The van der Waals surface area contributed by atoms with Crippen molar-refractivity contribution in [2.75, 3.05) is 12.3 Å². The summed E-state index contributed by atoms with van der Waals surface area (Å²) in [6, 6.07) is 2.00. The van der Waals surface area contributed by atoms with Gasteiger partial charge in [-0.1, -0.05) is 12.8 Å². The standard InChI is InChI=1S/C14H21NO2S2/c16-19(17,8-6-11-5-7-18-10-11)15-9-14-12-3-1-2-4-13(12)14/h5,7,10,12-15H,1-4,6,8-9H2/t12-,13+,14?. The lowest BCUT2D eigenvalue weighted by Crippen LogP contribution is -2.29. The fourth-order valence-electron chi connectivity index (χ4n) is 3.43. The monoisotopic (exact) mass is 299 g/mol. The van der Waals surface area contributed by atoms with Gasteiger partial charge in [-0.15, -0.1) is 0 Å². The van der Waals surface area contributed by atoms with Crippen LogP contribution in [0.1, 0.15) is 31.2 Å². The van der Waals surface area contributed by atoms with Gasteiger partial charge in [-0.05, 0) is 59.4 Å². The third kappa shape index (κ3) is 3.38. The van der Waals surface area contributed by atoms with Crippen LogP contribution in [0.4, 0.5) is 0 Å². The van der Waals surface area contributed by atoms with Crippen molar-refractivity contribution in [1.82, 2.24) is 4.72 Å². The molecule has 19 heavy (non-hydrogen) atoms. The number of rotatable bonds is 6. The second-order valence-corrected chi connectivity index (χ2v) is 8.53. The molecular weight excluding hydrogens is 278 g/mol. The second kappa shape index (κ2) is 5.54. The van der Waals surface area contributed by atoms with E-state index >= 15 is 0 Å². The molecule has 0 aliphatic heterocycles. The first-order valence-electron chi connectivity index (χ1n) is 7.14. The van der Waals surface area contributed by atoms with Gasteiger partial charge >= 0.3 is 0 Å². The zero-order valence-electron chi connectivity index (χ0n) is 11.0. The van der Waals surface area contributed by atoms with Crippen molar-refractivity contribution < 1.29 is 8.42 Å². The van der Waals surface area contributed by atoms with E-state index in [9.17, 15) is 8.42 Å². The minimum atomic E-state index is -3.10.